The molecule has 0 radical (unpaired) electrons. The van der Waals surface area contributed by atoms with Crippen LogP contribution < -0.4 is 18.5 Å². The summed E-state index contributed by atoms with van der Waals surface area (Å²) in [5, 5.41) is 8.57. The molecule has 0 aliphatic rings. The Morgan fingerprint density at radius 1 is 0.667 bits per heavy atom. The molecule has 0 heterocycles. The summed E-state index contributed by atoms with van der Waals surface area (Å²) in [5.74, 6) is 0. The summed E-state index contributed by atoms with van der Waals surface area (Å²) in [6.45, 7) is 2.63. The predicted octanol–water partition coefficient (Wildman–Crippen LogP) is 3.46. The van der Waals surface area contributed by atoms with Gasteiger partial charge >= 0.3 is 7.82 Å². The van der Waals surface area contributed by atoms with Crippen LogP contribution in [0.3, 0.4) is 0 Å². The summed E-state index contributed by atoms with van der Waals surface area (Å²) in [5.41, 5.74) is 0. The topological polar surface area (TPSA) is 203 Å². The van der Waals surface area contributed by atoms with Gasteiger partial charge in [-0.1, -0.05) is 64.7 Å². The minimum atomic E-state index is -4.64. The maximum Gasteiger partial charge on any atom is 0.466 e. The van der Waals surface area contributed by atoms with Crippen molar-refractivity contribution in [3.63, 3.8) is 0 Å². The van der Waals surface area contributed by atoms with Crippen LogP contribution in [0, 0.1) is 0 Å². The standard InChI is InChI=1S/C12H26O.3H3N.H3O4P/c1-2-3-4-5-6-7-8-9-10-11-12-13;;;;1-5(2,3)4/h13H,2-12H2,1H3;3*1H3;(H3,1,2,3,4). The first-order chi connectivity index (χ1) is 8.41. The molecule has 0 saturated carbocycles. The average molecular weight is 335 g/mol. The third-order valence-corrected chi connectivity index (χ3v) is 2.51. The van der Waals surface area contributed by atoms with Gasteiger partial charge in [0.1, 0.15) is 0 Å². The SMILES string of the molecule is CCCCCCCCCCCCO.N.N.N.O=P(O)(O)O. The average Bonchev–Trinajstić information content (AvgIpc) is 2.25. The minimum absolute atomic E-state index is 0. The van der Waals surface area contributed by atoms with Crippen LogP contribution in [0.15, 0.2) is 0 Å². The zero-order valence-electron chi connectivity index (χ0n) is 13.5. The maximum absolute atomic E-state index is 8.88. The van der Waals surface area contributed by atoms with Gasteiger partial charge in [0.05, 0.1) is 0 Å². The second-order valence-electron chi connectivity index (χ2n) is 4.42. The molecule has 8 nitrogen and oxygen atoms in total. The summed E-state index contributed by atoms with van der Waals surface area (Å²) in [4.78, 5) is 21.6. The molecule has 0 aromatic rings. The Bertz CT molecular complexity index is 187. The van der Waals surface area contributed by atoms with Crippen molar-refractivity contribution in [2.45, 2.75) is 71.1 Å². The van der Waals surface area contributed by atoms with E-state index >= 15 is 0 Å². The van der Waals surface area contributed by atoms with Crippen molar-refractivity contribution < 1.29 is 24.4 Å². The van der Waals surface area contributed by atoms with Gasteiger partial charge in [-0.3, -0.25) is 0 Å². The highest BCUT2D eigenvalue weighted by molar-refractivity contribution is 7.45. The Hall–Kier alpha value is -0.0500. The van der Waals surface area contributed by atoms with E-state index in [-0.39, 0.29) is 18.5 Å². The van der Waals surface area contributed by atoms with Crippen molar-refractivity contribution in [3.8, 4) is 0 Å². The lowest BCUT2D eigenvalue weighted by atomic mass is 10.1. The maximum atomic E-state index is 8.88. The first-order valence-corrected chi connectivity index (χ1v) is 8.37. The molecule has 0 saturated heterocycles. The van der Waals surface area contributed by atoms with Gasteiger partial charge in [0, 0.05) is 6.61 Å². The van der Waals surface area contributed by atoms with Gasteiger partial charge in [0.15, 0.2) is 0 Å². The van der Waals surface area contributed by atoms with Gasteiger partial charge in [-0.25, -0.2) is 4.57 Å². The summed E-state index contributed by atoms with van der Waals surface area (Å²) in [6, 6.07) is 0. The van der Waals surface area contributed by atoms with E-state index in [1.807, 2.05) is 0 Å². The third kappa shape index (κ3) is 64.9. The number of hydrogen-bond acceptors (Lipinski definition) is 5. The highest BCUT2D eigenvalue weighted by Crippen LogP contribution is 2.25. The van der Waals surface area contributed by atoms with Crippen LogP contribution >= 0.6 is 7.82 Å². The zero-order valence-corrected chi connectivity index (χ0v) is 14.4. The molecule has 0 spiro atoms. The lowest BCUT2D eigenvalue weighted by Gasteiger charge is -2.00. The van der Waals surface area contributed by atoms with Gasteiger partial charge in [-0.2, -0.15) is 0 Å². The largest absolute Gasteiger partial charge is 0.466 e. The van der Waals surface area contributed by atoms with E-state index in [0.717, 1.165) is 6.42 Å². The Morgan fingerprint density at radius 2 is 0.905 bits per heavy atom. The molecule has 0 fully saturated rings. The number of aliphatic hydroxyl groups is 1. The van der Waals surface area contributed by atoms with E-state index in [1.165, 1.54) is 57.8 Å². The number of hydrogen-bond donors (Lipinski definition) is 7. The predicted molar refractivity (Wildman–Crippen MR) is 88.3 cm³/mol. The fourth-order valence-corrected chi connectivity index (χ4v) is 1.60. The molecule has 0 bridgehead atoms. The molecule has 0 atom stereocenters. The van der Waals surface area contributed by atoms with Crippen LogP contribution in [0.2, 0.25) is 0 Å². The van der Waals surface area contributed by atoms with E-state index in [2.05, 4.69) is 6.92 Å². The molecule has 136 valence electrons. The number of phosphoric acid groups is 1. The van der Waals surface area contributed by atoms with Gasteiger partial charge in [-0.05, 0) is 6.42 Å². The summed E-state index contributed by atoms with van der Waals surface area (Å²) in [6.07, 6.45) is 13.3. The second-order valence-corrected chi connectivity index (χ2v) is 5.45. The Kier molecular flexibility index (Phi) is 38.9. The molecule has 0 aromatic heterocycles. The van der Waals surface area contributed by atoms with Crippen LogP contribution in [0.5, 0.6) is 0 Å². The fraction of sp³-hybridized carbons (Fsp3) is 1.00. The van der Waals surface area contributed by atoms with Crippen molar-refractivity contribution in [1.82, 2.24) is 18.5 Å². The van der Waals surface area contributed by atoms with Crippen molar-refractivity contribution >= 4 is 7.82 Å². The fourth-order valence-electron chi connectivity index (χ4n) is 1.60. The smallest absolute Gasteiger partial charge is 0.396 e. The molecule has 0 amide bonds. The summed E-state index contributed by atoms with van der Waals surface area (Å²) < 4.78 is 8.88. The van der Waals surface area contributed by atoms with Crippen LogP contribution in [-0.2, 0) is 4.57 Å². The number of rotatable bonds is 10. The van der Waals surface area contributed by atoms with E-state index in [9.17, 15) is 0 Å². The number of unbranched alkanes of at least 4 members (excludes halogenated alkanes) is 9. The van der Waals surface area contributed by atoms with Crippen molar-refractivity contribution in [1.29, 1.82) is 0 Å². The quantitative estimate of drug-likeness (QED) is 0.232. The first kappa shape index (κ1) is 32.8. The Morgan fingerprint density at radius 3 is 1.14 bits per heavy atom. The first-order valence-electron chi connectivity index (χ1n) is 6.81. The van der Waals surface area contributed by atoms with E-state index in [1.54, 1.807) is 0 Å². The van der Waals surface area contributed by atoms with Crippen molar-refractivity contribution in [2.24, 2.45) is 0 Å². The molecule has 13 N–H and O–H groups in total. The second kappa shape index (κ2) is 24.9. The molecular weight excluding hydrogens is 297 g/mol. The highest BCUT2D eigenvalue weighted by Gasteiger charge is 2.00. The molecule has 0 aliphatic carbocycles. The highest BCUT2D eigenvalue weighted by atomic mass is 31.2. The van der Waals surface area contributed by atoms with Gasteiger partial charge in [0.25, 0.3) is 0 Å². The Labute approximate surface area is 129 Å². The van der Waals surface area contributed by atoms with E-state index < -0.39 is 7.82 Å². The Balaban J connectivity index is -0.0000000933. The molecular formula is C12H38N3O5P. The van der Waals surface area contributed by atoms with E-state index in [0.29, 0.717) is 6.61 Å². The van der Waals surface area contributed by atoms with Crippen molar-refractivity contribution in [3.05, 3.63) is 0 Å². The van der Waals surface area contributed by atoms with Gasteiger partial charge < -0.3 is 38.2 Å². The zero-order chi connectivity index (χ0) is 14.3. The summed E-state index contributed by atoms with van der Waals surface area (Å²) in [7, 11) is -4.64. The normalized spacial score (nSPS) is 9.38. The van der Waals surface area contributed by atoms with Crippen LogP contribution in [0.1, 0.15) is 71.1 Å². The third-order valence-electron chi connectivity index (χ3n) is 2.51. The van der Waals surface area contributed by atoms with E-state index in [4.69, 9.17) is 24.4 Å². The molecule has 0 unspecified atom stereocenters. The van der Waals surface area contributed by atoms with Crippen LogP contribution in [-0.4, -0.2) is 26.4 Å². The number of aliphatic hydroxyl groups excluding tert-OH is 1. The molecule has 0 rings (SSSR count). The lowest BCUT2D eigenvalue weighted by Crippen LogP contribution is -1.84. The van der Waals surface area contributed by atoms with Gasteiger partial charge in [0.2, 0.25) is 0 Å². The molecule has 21 heavy (non-hydrogen) atoms. The molecule has 0 aliphatic heterocycles. The molecule has 9 heteroatoms. The van der Waals surface area contributed by atoms with Crippen LogP contribution in [0.25, 0.3) is 0 Å². The minimum Gasteiger partial charge on any atom is -0.396 e. The van der Waals surface area contributed by atoms with Crippen molar-refractivity contribution in [2.75, 3.05) is 6.61 Å². The summed E-state index contributed by atoms with van der Waals surface area (Å²) >= 11 is 0. The molecule has 0 aromatic carbocycles. The lowest BCUT2D eigenvalue weighted by molar-refractivity contribution is 0.275. The monoisotopic (exact) mass is 335 g/mol. The van der Waals surface area contributed by atoms with Crippen LogP contribution in [0.4, 0.5) is 0 Å². The van der Waals surface area contributed by atoms with Gasteiger partial charge in [-0.15, -0.1) is 0 Å².